The lowest BCUT2D eigenvalue weighted by Gasteiger charge is -2.56. The molecule has 1 saturated heterocycles. The highest BCUT2D eigenvalue weighted by atomic mass is 16.6. The fourth-order valence-electron chi connectivity index (χ4n) is 10.1. The Hall–Kier alpha value is -3.92. The van der Waals surface area contributed by atoms with Gasteiger partial charge in [0.2, 0.25) is 0 Å². The number of benzene rings is 1. The van der Waals surface area contributed by atoms with Crippen LogP contribution >= 0.6 is 0 Å². The Bertz CT molecular complexity index is 1870. The number of carbonyl (C=O) groups is 4. The van der Waals surface area contributed by atoms with Gasteiger partial charge in [-0.3, -0.25) is 14.4 Å². The first-order chi connectivity index (χ1) is 23.2. The van der Waals surface area contributed by atoms with Crippen molar-refractivity contribution in [3.05, 3.63) is 51.1 Å². The number of hydrogen-bond donors (Lipinski definition) is 2. The van der Waals surface area contributed by atoms with Gasteiger partial charge >= 0.3 is 11.9 Å². The van der Waals surface area contributed by atoms with E-state index in [9.17, 15) is 24.6 Å². The van der Waals surface area contributed by atoms with E-state index in [1.54, 1.807) is 6.08 Å². The van der Waals surface area contributed by atoms with Crippen molar-refractivity contribution >= 4 is 23.5 Å². The molecule has 10 nitrogen and oxygen atoms in total. The van der Waals surface area contributed by atoms with E-state index >= 15 is 4.79 Å². The predicted molar refractivity (Wildman–Crippen MR) is 183 cm³/mol. The van der Waals surface area contributed by atoms with E-state index in [4.69, 9.17) is 18.9 Å². The maximum absolute atomic E-state index is 15.1. The maximum Gasteiger partial charge on any atom is 0.330 e. The molecule has 4 aliphatic carbocycles. The second-order valence-corrected chi connectivity index (χ2v) is 16.9. The Morgan fingerprint density at radius 2 is 1.70 bits per heavy atom. The number of Topliss-reactive ketones (excluding diaryl/α,β-unsaturated/α-hetero) is 2. The number of carboxylic acids is 1. The number of carboxylic acid groups (broad SMARTS) is 1. The van der Waals surface area contributed by atoms with Crippen molar-refractivity contribution in [2.45, 2.75) is 141 Å². The molecule has 8 rings (SSSR count). The average Bonchev–Trinajstić information content (AvgIpc) is 3.15. The van der Waals surface area contributed by atoms with Crippen LogP contribution in [0.4, 0.5) is 0 Å². The minimum Gasteiger partial charge on any atom is -0.507 e. The molecule has 7 aliphatic rings. The standard InChI is InChI=1S/C40H48O10/c1-19(2)23-12-14-38(9,47-21(4)41)18-25(23)28-31(43)29-30(42)26-16-22-17-27-37(7,8)50-39(34(22)44,15-10-20(3)35(45)46)40(26,27)49-33(29)24-11-13-36(5,6)48-32(24)28/h10,16,22,25,27,43H,11-15,17-18H2,1-9H3,(H,45,46)/b20-10-/t22-,25?,27+,38?,39+,40-/m1/s1. The number of phenols is 1. The van der Waals surface area contributed by atoms with Crippen LogP contribution in [-0.2, 0) is 30.3 Å². The predicted octanol–water partition coefficient (Wildman–Crippen LogP) is 6.85. The minimum absolute atomic E-state index is 0.0383. The van der Waals surface area contributed by atoms with E-state index in [1.807, 2.05) is 48.5 Å². The molecule has 0 aromatic heterocycles. The summed E-state index contributed by atoms with van der Waals surface area (Å²) in [7, 11) is 0. The number of fused-ring (bicyclic) bond motifs is 3. The number of carbonyl (C=O) groups excluding carboxylic acids is 3. The molecule has 1 spiro atoms. The van der Waals surface area contributed by atoms with Gasteiger partial charge in [0.25, 0.3) is 0 Å². The molecule has 2 saturated carbocycles. The quantitative estimate of drug-likeness (QED) is 0.191. The Morgan fingerprint density at radius 3 is 2.34 bits per heavy atom. The molecule has 50 heavy (non-hydrogen) atoms. The highest BCUT2D eigenvalue weighted by Crippen LogP contribution is 2.69. The van der Waals surface area contributed by atoms with Crippen molar-refractivity contribution in [3.63, 3.8) is 0 Å². The molecular formula is C40H48O10. The first-order valence-corrected chi connectivity index (χ1v) is 17.8. The monoisotopic (exact) mass is 688 g/mol. The van der Waals surface area contributed by atoms with Crippen molar-refractivity contribution < 1.29 is 48.3 Å². The first-order valence-electron chi connectivity index (χ1n) is 17.8. The van der Waals surface area contributed by atoms with E-state index in [0.29, 0.717) is 55.4 Å². The van der Waals surface area contributed by atoms with Gasteiger partial charge in [-0.15, -0.1) is 0 Å². The van der Waals surface area contributed by atoms with Crippen LogP contribution in [0, 0.1) is 11.8 Å². The molecule has 3 heterocycles. The summed E-state index contributed by atoms with van der Waals surface area (Å²) in [6.07, 6.45) is 6.23. The number of rotatable bonds is 5. The smallest absolute Gasteiger partial charge is 0.330 e. The number of ether oxygens (including phenoxy) is 4. The molecule has 1 aromatic carbocycles. The van der Waals surface area contributed by atoms with Crippen molar-refractivity contribution in [1.29, 1.82) is 0 Å². The number of hydrogen-bond acceptors (Lipinski definition) is 9. The Kier molecular flexibility index (Phi) is 7.45. The number of esters is 1. The van der Waals surface area contributed by atoms with Crippen LogP contribution in [0.15, 0.2) is 34.4 Å². The van der Waals surface area contributed by atoms with Gasteiger partial charge in [0, 0.05) is 53.4 Å². The van der Waals surface area contributed by atoms with E-state index < -0.39 is 57.5 Å². The summed E-state index contributed by atoms with van der Waals surface area (Å²) >= 11 is 0. The molecule has 268 valence electrons. The highest BCUT2D eigenvalue weighted by Gasteiger charge is 2.81. The number of aromatic hydroxyl groups is 1. The van der Waals surface area contributed by atoms with E-state index in [-0.39, 0.29) is 46.4 Å². The summed E-state index contributed by atoms with van der Waals surface area (Å²) in [5.74, 6) is -3.21. The lowest BCUT2D eigenvalue weighted by atomic mass is 9.51. The molecular weight excluding hydrogens is 640 g/mol. The molecule has 3 aliphatic heterocycles. The molecule has 0 amide bonds. The van der Waals surface area contributed by atoms with E-state index in [2.05, 4.69) is 0 Å². The summed E-state index contributed by atoms with van der Waals surface area (Å²) in [5, 5.41) is 22.2. The third kappa shape index (κ3) is 4.62. The largest absolute Gasteiger partial charge is 0.507 e. The lowest BCUT2D eigenvalue weighted by Crippen LogP contribution is -2.72. The molecule has 2 unspecified atom stereocenters. The molecule has 2 N–H and O–H groups in total. The Balaban J connectivity index is 1.49. The summed E-state index contributed by atoms with van der Waals surface area (Å²) in [4.78, 5) is 53.6. The molecule has 0 radical (unpaired) electrons. The zero-order valence-corrected chi connectivity index (χ0v) is 30.5. The van der Waals surface area contributed by atoms with Crippen LogP contribution in [0.1, 0.15) is 128 Å². The van der Waals surface area contributed by atoms with Crippen LogP contribution in [0.3, 0.4) is 0 Å². The van der Waals surface area contributed by atoms with Gasteiger partial charge in [-0.25, -0.2) is 4.79 Å². The summed E-state index contributed by atoms with van der Waals surface area (Å²) < 4.78 is 26.6. The molecule has 3 fully saturated rings. The molecule has 6 atom stereocenters. The number of aliphatic carboxylic acids is 1. The van der Waals surface area contributed by atoms with Crippen LogP contribution in [0.2, 0.25) is 0 Å². The van der Waals surface area contributed by atoms with Crippen LogP contribution in [-0.4, -0.2) is 61.7 Å². The lowest BCUT2D eigenvalue weighted by molar-refractivity contribution is -0.171. The second kappa shape index (κ2) is 10.8. The average molecular weight is 689 g/mol. The highest BCUT2D eigenvalue weighted by molar-refractivity contribution is 6.18. The third-order valence-corrected chi connectivity index (χ3v) is 12.4. The van der Waals surface area contributed by atoms with E-state index in [0.717, 1.165) is 11.1 Å². The van der Waals surface area contributed by atoms with Crippen molar-refractivity contribution in [1.82, 2.24) is 0 Å². The van der Waals surface area contributed by atoms with Crippen molar-refractivity contribution in [2.24, 2.45) is 11.8 Å². The van der Waals surface area contributed by atoms with Crippen LogP contribution in [0.25, 0.3) is 0 Å². The third-order valence-electron chi connectivity index (χ3n) is 12.4. The summed E-state index contributed by atoms with van der Waals surface area (Å²) in [5.41, 5.74) is -1.83. The van der Waals surface area contributed by atoms with Gasteiger partial charge in [0.1, 0.15) is 34.0 Å². The number of phenolic OH excluding ortho intramolecular Hbond substituents is 1. The van der Waals surface area contributed by atoms with Gasteiger partial charge in [0.05, 0.1) is 5.60 Å². The van der Waals surface area contributed by atoms with Crippen molar-refractivity contribution in [2.75, 3.05) is 0 Å². The Morgan fingerprint density at radius 1 is 1.00 bits per heavy atom. The molecule has 10 heteroatoms. The van der Waals surface area contributed by atoms with Gasteiger partial charge in [-0.2, -0.15) is 0 Å². The van der Waals surface area contributed by atoms with Gasteiger partial charge in [-0.05, 0) is 93.9 Å². The van der Waals surface area contributed by atoms with Crippen LogP contribution in [0.5, 0.6) is 17.2 Å². The zero-order chi connectivity index (χ0) is 36.5. The number of allylic oxidation sites excluding steroid dienone is 3. The van der Waals surface area contributed by atoms with Gasteiger partial charge in [0.15, 0.2) is 22.8 Å². The first kappa shape index (κ1) is 34.5. The normalized spacial score (nSPS) is 34.5. The molecule has 1 aromatic rings. The second-order valence-electron chi connectivity index (χ2n) is 16.9. The van der Waals surface area contributed by atoms with Gasteiger partial charge < -0.3 is 29.2 Å². The topological polar surface area (TPSA) is 146 Å². The zero-order valence-electron chi connectivity index (χ0n) is 30.5. The number of ketones is 2. The fourth-order valence-corrected chi connectivity index (χ4v) is 10.1. The fraction of sp³-hybridized carbons (Fsp3) is 0.600. The summed E-state index contributed by atoms with van der Waals surface area (Å²) in [6, 6.07) is 0. The molecule has 4 bridgehead atoms. The summed E-state index contributed by atoms with van der Waals surface area (Å²) in [6.45, 7) is 16.6. The van der Waals surface area contributed by atoms with Crippen molar-refractivity contribution in [3.8, 4) is 17.2 Å². The van der Waals surface area contributed by atoms with E-state index in [1.165, 1.54) is 19.9 Å². The SMILES string of the molecule is CC(=O)OC1(C)CCC(=C(C)C)C(c2c(O)c3c(c4c2OC(C)(C)CC4)O[C@]24C(=C[C@@H]5C[C@H]2C(C)(C)O[C@@]4(C/C=C(/C)C(=O)O)C5=O)C3=O)C1. The Labute approximate surface area is 292 Å². The minimum atomic E-state index is -1.65. The van der Waals surface area contributed by atoms with Crippen LogP contribution < -0.4 is 9.47 Å². The maximum atomic E-state index is 15.1. The van der Waals surface area contributed by atoms with Gasteiger partial charge in [-0.1, -0.05) is 23.3 Å².